The molecule has 6 heteroatoms. The maximum absolute atomic E-state index is 10.6. The number of nitrogens with two attached hydrogens (primary N) is 1. The lowest BCUT2D eigenvalue weighted by molar-refractivity contribution is 0.186. The molecule has 0 aromatic heterocycles. The molecule has 19 heavy (non-hydrogen) atoms. The number of aromatic hydroxyl groups is 1. The molecule has 0 saturated carbocycles. The lowest BCUT2D eigenvalue weighted by Crippen LogP contribution is -2.02. The van der Waals surface area contributed by atoms with Crippen molar-refractivity contribution in [2.45, 2.75) is 6.61 Å². The standard InChI is InChI=1S/C13H13N3O3/c1-19-7-8-6-11(15-16-13(14)18)12(17)10-5-3-2-4-9(8)10/h2-6,17H,7H2,1H3,(H2,14,18). The number of nitrogens with zero attached hydrogens (tertiary/aromatic N) is 2. The van der Waals surface area contributed by atoms with E-state index in [1.54, 1.807) is 25.3 Å². The van der Waals surface area contributed by atoms with Crippen molar-refractivity contribution < 1.29 is 14.6 Å². The Labute approximate surface area is 109 Å². The first kappa shape index (κ1) is 13.0. The van der Waals surface area contributed by atoms with E-state index in [1.807, 2.05) is 12.1 Å². The number of ether oxygens (including phenoxy) is 1. The Hall–Kier alpha value is -2.47. The summed E-state index contributed by atoms with van der Waals surface area (Å²) in [7, 11) is 1.58. The van der Waals surface area contributed by atoms with Crippen LogP contribution < -0.4 is 5.73 Å². The van der Waals surface area contributed by atoms with Crippen LogP contribution in [-0.2, 0) is 11.3 Å². The van der Waals surface area contributed by atoms with Crippen LogP contribution in [0.15, 0.2) is 40.6 Å². The minimum Gasteiger partial charge on any atom is -0.505 e. The summed E-state index contributed by atoms with van der Waals surface area (Å²) in [6.45, 7) is 0.361. The Balaban J connectivity index is 2.65. The summed E-state index contributed by atoms with van der Waals surface area (Å²) >= 11 is 0. The van der Waals surface area contributed by atoms with E-state index in [0.717, 1.165) is 10.9 Å². The van der Waals surface area contributed by atoms with E-state index in [1.165, 1.54) is 0 Å². The van der Waals surface area contributed by atoms with E-state index in [-0.39, 0.29) is 11.4 Å². The van der Waals surface area contributed by atoms with Crippen LogP contribution >= 0.6 is 0 Å². The van der Waals surface area contributed by atoms with Crippen molar-refractivity contribution in [3.05, 3.63) is 35.9 Å². The predicted octanol–water partition coefficient (Wildman–Crippen LogP) is 2.85. The summed E-state index contributed by atoms with van der Waals surface area (Å²) < 4.78 is 5.11. The van der Waals surface area contributed by atoms with Gasteiger partial charge in [-0.25, -0.2) is 4.79 Å². The van der Waals surface area contributed by atoms with Crippen LogP contribution in [0, 0.1) is 0 Å². The van der Waals surface area contributed by atoms with Crippen molar-refractivity contribution in [3.8, 4) is 5.75 Å². The zero-order valence-corrected chi connectivity index (χ0v) is 10.3. The summed E-state index contributed by atoms with van der Waals surface area (Å²) in [6.07, 6.45) is 0. The highest BCUT2D eigenvalue weighted by molar-refractivity contribution is 5.95. The SMILES string of the molecule is COCc1cc(N=NC(N)=O)c(O)c2ccccc12. The average molecular weight is 259 g/mol. The molecular formula is C13H13N3O3. The largest absolute Gasteiger partial charge is 0.505 e. The van der Waals surface area contributed by atoms with E-state index in [4.69, 9.17) is 10.5 Å². The summed E-state index contributed by atoms with van der Waals surface area (Å²) in [5, 5.41) is 18.5. The number of azo groups is 1. The Kier molecular flexibility index (Phi) is 3.72. The number of urea groups is 1. The molecule has 0 heterocycles. The van der Waals surface area contributed by atoms with Crippen LogP contribution in [0.2, 0.25) is 0 Å². The summed E-state index contributed by atoms with van der Waals surface area (Å²) in [5.74, 6) is -0.0412. The third-order valence-electron chi connectivity index (χ3n) is 2.64. The monoisotopic (exact) mass is 259 g/mol. The maximum atomic E-state index is 10.6. The molecule has 0 saturated heterocycles. The van der Waals surface area contributed by atoms with Crippen LogP contribution in [0.4, 0.5) is 10.5 Å². The Morgan fingerprint density at radius 2 is 2.05 bits per heavy atom. The third-order valence-corrected chi connectivity index (χ3v) is 2.64. The van der Waals surface area contributed by atoms with Gasteiger partial charge in [0.15, 0.2) is 5.75 Å². The van der Waals surface area contributed by atoms with Gasteiger partial charge in [-0.1, -0.05) is 29.4 Å². The molecule has 2 aromatic carbocycles. The van der Waals surface area contributed by atoms with Crippen LogP contribution in [-0.4, -0.2) is 18.2 Å². The van der Waals surface area contributed by atoms with Crippen LogP contribution in [0.1, 0.15) is 5.56 Å². The number of rotatable bonds is 3. The molecular weight excluding hydrogens is 246 g/mol. The van der Waals surface area contributed by atoms with Gasteiger partial charge in [-0.05, 0) is 17.0 Å². The molecule has 2 amide bonds. The van der Waals surface area contributed by atoms with E-state index in [9.17, 15) is 9.90 Å². The molecule has 0 bridgehead atoms. The molecule has 0 aliphatic rings. The van der Waals surface area contributed by atoms with Crippen molar-refractivity contribution in [2.24, 2.45) is 16.0 Å². The summed E-state index contributed by atoms with van der Waals surface area (Å²) in [4.78, 5) is 10.6. The second-order valence-electron chi connectivity index (χ2n) is 3.92. The first-order valence-electron chi connectivity index (χ1n) is 5.57. The van der Waals surface area contributed by atoms with Crippen molar-refractivity contribution in [3.63, 3.8) is 0 Å². The van der Waals surface area contributed by atoms with E-state index in [2.05, 4.69) is 10.2 Å². The summed E-state index contributed by atoms with van der Waals surface area (Å²) in [6, 6.07) is 8.00. The molecule has 2 rings (SSSR count). The number of hydrogen-bond acceptors (Lipinski definition) is 4. The van der Waals surface area contributed by atoms with Gasteiger partial charge in [0.2, 0.25) is 0 Å². The lowest BCUT2D eigenvalue weighted by atomic mass is 10.0. The van der Waals surface area contributed by atoms with Crippen molar-refractivity contribution >= 4 is 22.5 Å². The highest BCUT2D eigenvalue weighted by Gasteiger charge is 2.11. The normalized spacial score (nSPS) is 11.2. The maximum Gasteiger partial charge on any atom is 0.356 e. The van der Waals surface area contributed by atoms with Gasteiger partial charge < -0.3 is 15.6 Å². The van der Waals surface area contributed by atoms with Gasteiger partial charge in [0.25, 0.3) is 0 Å². The molecule has 0 aliphatic carbocycles. The van der Waals surface area contributed by atoms with Crippen LogP contribution in [0.5, 0.6) is 5.75 Å². The van der Waals surface area contributed by atoms with E-state index >= 15 is 0 Å². The predicted molar refractivity (Wildman–Crippen MR) is 70.4 cm³/mol. The number of hydrogen-bond donors (Lipinski definition) is 2. The number of methoxy groups -OCH3 is 1. The van der Waals surface area contributed by atoms with Gasteiger partial charge in [0, 0.05) is 12.5 Å². The Bertz CT molecular complexity index is 653. The molecule has 0 aliphatic heterocycles. The first-order chi connectivity index (χ1) is 9.13. The number of phenols is 1. The number of amides is 2. The highest BCUT2D eigenvalue weighted by atomic mass is 16.5. The second-order valence-corrected chi connectivity index (χ2v) is 3.92. The zero-order valence-electron chi connectivity index (χ0n) is 10.3. The number of carbonyl (C=O) groups is 1. The molecule has 6 nitrogen and oxygen atoms in total. The number of carbonyl (C=O) groups excluding carboxylic acids is 1. The number of primary amides is 1. The fourth-order valence-electron chi connectivity index (χ4n) is 1.87. The Morgan fingerprint density at radius 3 is 2.68 bits per heavy atom. The van der Waals surface area contributed by atoms with Crippen LogP contribution in [0.3, 0.4) is 0 Å². The van der Waals surface area contributed by atoms with E-state index in [0.29, 0.717) is 12.0 Å². The average Bonchev–Trinajstić information content (AvgIpc) is 2.40. The lowest BCUT2D eigenvalue weighted by Gasteiger charge is -2.09. The van der Waals surface area contributed by atoms with Gasteiger partial charge in [-0.3, -0.25) is 0 Å². The second kappa shape index (κ2) is 5.45. The highest BCUT2D eigenvalue weighted by Crippen LogP contribution is 2.37. The van der Waals surface area contributed by atoms with Gasteiger partial charge in [-0.2, -0.15) is 0 Å². The summed E-state index contributed by atoms with van der Waals surface area (Å²) in [5.41, 5.74) is 5.92. The van der Waals surface area contributed by atoms with Gasteiger partial charge >= 0.3 is 6.03 Å². The molecule has 0 fully saturated rings. The molecule has 98 valence electrons. The van der Waals surface area contributed by atoms with E-state index < -0.39 is 6.03 Å². The third kappa shape index (κ3) is 2.69. The van der Waals surface area contributed by atoms with Gasteiger partial charge in [-0.15, -0.1) is 5.11 Å². The topological polar surface area (TPSA) is 97.3 Å². The van der Waals surface area contributed by atoms with Crippen molar-refractivity contribution in [2.75, 3.05) is 7.11 Å². The molecule has 0 radical (unpaired) electrons. The molecule has 3 N–H and O–H groups in total. The van der Waals surface area contributed by atoms with Gasteiger partial charge in [0.1, 0.15) is 5.69 Å². The van der Waals surface area contributed by atoms with Crippen molar-refractivity contribution in [1.82, 2.24) is 0 Å². The quantitative estimate of drug-likeness (QED) is 0.829. The smallest absolute Gasteiger partial charge is 0.356 e. The van der Waals surface area contributed by atoms with Gasteiger partial charge in [0.05, 0.1) is 6.61 Å². The fourth-order valence-corrected chi connectivity index (χ4v) is 1.87. The first-order valence-corrected chi connectivity index (χ1v) is 5.57. The fraction of sp³-hybridized carbons (Fsp3) is 0.154. The minimum absolute atomic E-state index is 0.0412. The number of phenolic OH excluding ortho intramolecular Hbond substituents is 1. The zero-order chi connectivity index (χ0) is 13.8. The van der Waals surface area contributed by atoms with Crippen molar-refractivity contribution in [1.29, 1.82) is 0 Å². The number of fused-ring (bicyclic) bond motifs is 1. The Morgan fingerprint density at radius 1 is 1.37 bits per heavy atom. The number of benzene rings is 2. The minimum atomic E-state index is -0.916. The molecule has 0 unspecified atom stereocenters. The van der Waals surface area contributed by atoms with Crippen LogP contribution in [0.25, 0.3) is 10.8 Å². The molecule has 2 aromatic rings. The molecule has 0 atom stereocenters. The molecule has 0 spiro atoms.